The van der Waals surface area contributed by atoms with Crippen LogP contribution >= 0.6 is 11.3 Å². The van der Waals surface area contributed by atoms with Gasteiger partial charge in [0, 0.05) is 43.2 Å². The molecular weight excluding hydrogens is 524 g/mol. The first-order chi connectivity index (χ1) is 19.5. The van der Waals surface area contributed by atoms with Gasteiger partial charge in [0.05, 0.1) is 48.0 Å². The zero-order valence-corrected chi connectivity index (χ0v) is 24.1. The number of nitrogens with zero attached hydrogens (tertiary/aromatic N) is 3. The molecule has 8 nitrogen and oxygen atoms in total. The fraction of sp³-hybridized carbons (Fsp3) is 0.516. The lowest BCUT2D eigenvalue weighted by atomic mass is 9.84. The molecule has 1 saturated carbocycles. The van der Waals surface area contributed by atoms with E-state index in [1.807, 2.05) is 46.7 Å². The number of pyridine rings is 1. The predicted molar refractivity (Wildman–Crippen MR) is 158 cm³/mol. The van der Waals surface area contributed by atoms with Gasteiger partial charge >= 0.3 is 0 Å². The van der Waals surface area contributed by atoms with Crippen LogP contribution in [0.2, 0.25) is 0 Å². The second-order valence-corrected chi connectivity index (χ2v) is 11.8. The normalized spacial score (nSPS) is 17.9. The third-order valence-corrected chi connectivity index (χ3v) is 9.09. The smallest absolute Gasteiger partial charge is 0.252 e. The van der Waals surface area contributed by atoms with Crippen molar-refractivity contribution in [2.75, 3.05) is 46.0 Å². The maximum atomic E-state index is 14.1. The number of benzene rings is 1. The van der Waals surface area contributed by atoms with Gasteiger partial charge < -0.3 is 20.1 Å². The third-order valence-electron chi connectivity index (χ3n) is 8.21. The highest BCUT2D eigenvalue weighted by molar-refractivity contribution is 7.13. The lowest BCUT2D eigenvalue weighted by molar-refractivity contribution is -0.137. The number of aliphatic hydroxyl groups excluding tert-OH is 1. The summed E-state index contributed by atoms with van der Waals surface area (Å²) in [5.41, 5.74) is 3.16. The Hall–Kier alpha value is -2.85. The summed E-state index contributed by atoms with van der Waals surface area (Å²) in [6, 6.07) is 12.0. The van der Waals surface area contributed by atoms with Crippen LogP contribution in [-0.2, 0) is 16.1 Å². The van der Waals surface area contributed by atoms with Crippen molar-refractivity contribution in [2.24, 2.45) is 5.92 Å². The van der Waals surface area contributed by atoms with Gasteiger partial charge in [-0.2, -0.15) is 0 Å². The molecule has 1 aromatic carbocycles. The molecule has 3 aromatic rings. The topological polar surface area (TPSA) is 95.0 Å². The van der Waals surface area contributed by atoms with Crippen LogP contribution in [0, 0.1) is 5.92 Å². The summed E-state index contributed by atoms with van der Waals surface area (Å²) < 4.78 is 5.36. The van der Waals surface area contributed by atoms with Crippen LogP contribution in [0.4, 0.5) is 0 Å². The SMILES string of the molecule is C[C@H](NC(=O)c1c(CN2CCN(CCOCCO)C(=O)C2)c(-c2cccs2)nc2ccccc12)C1CCCCC1. The summed E-state index contributed by atoms with van der Waals surface area (Å²) in [5.74, 6) is 0.482. The van der Waals surface area contributed by atoms with Crippen LogP contribution in [0.25, 0.3) is 21.5 Å². The Labute approximate surface area is 240 Å². The zero-order chi connectivity index (χ0) is 27.9. The van der Waals surface area contributed by atoms with Gasteiger partial charge in [0.15, 0.2) is 0 Å². The van der Waals surface area contributed by atoms with Crippen LogP contribution in [0.3, 0.4) is 0 Å². The number of hydrogen-bond donors (Lipinski definition) is 2. The van der Waals surface area contributed by atoms with E-state index in [1.165, 1.54) is 19.3 Å². The van der Waals surface area contributed by atoms with Crippen molar-refractivity contribution in [1.29, 1.82) is 0 Å². The zero-order valence-electron chi connectivity index (χ0n) is 23.3. The van der Waals surface area contributed by atoms with Gasteiger partial charge in [-0.1, -0.05) is 43.5 Å². The van der Waals surface area contributed by atoms with Crippen molar-refractivity contribution in [3.05, 3.63) is 52.9 Å². The van der Waals surface area contributed by atoms with Crippen LogP contribution < -0.4 is 5.32 Å². The van der Waals surface area contributed by atoms with Crippen LogP contribution in [0.1, 0.15) is 54.9 Å². The number of aliphatic hydroxyl groups is 1. The Morgan fingerprint density at radius 1 is 1.15 bits per heavy atom. The standard InChI is InChI=1S/C31H40N4O4S/c1-22(23-8-3-2-4-9-23)32-31(38)29-24-10-5-6-11-26(24)33-30(27-12-7-19-40-27)25(29)20-34-13-14-35(28(37)21-34)15-17-39-18-16-36/h5-7,10-12,19,22-23,36H,2-4,8-9,13-18,20-21H2,1H3,(H,32,38)/t22-/m0/s1. The fourth-order valence-corrected chi connectivity index (χ4v) is 6.75. The number of carbonyl (C=O) groups excluding carboxylic acids is 2. The number of aromatic nitrogens is 1. The van der Waals surface area contributed by atoms with E-state index in [4.69, 9.17) is 14.8 Å². The fourth-order valence-electron chi connectivity index (χ4n) is 6.01. The third kappa shape index (κ3) is 6.71. The number of hydrogen-bond acceptors (Lipinski definition) is 7. The first-order valence-electron chi connectivity index (χ1n) is 14.5. The number of thiophene rings is 1. The molecule has 5 rings (SSSR count). The first kappa shape index (κ1) is 28.7. The van der Waals surface area contributed by atoms with E-state index in [1.54, 1.807) is 11.3 Å². The van der Waals surface area contributed by atoms with Crippen molar-refractivity contribution in [1.82, 2.24) is 20.1 Å². The summed E-state index contributed by atoms with van der Waals surface area (Å²) in [6.07, 6.45) is 6.05. The number of carbonyl (C=O) groups is 2. The molecule has 1 saturated heterocycles. The largest absolute Gasteiger partial charge is 0.394 e. The number of ether oxygens (including phenoxy) is 1. The molecular formula is C31H40N4O4S. The highest BCUT2D eigenvalue weighted by Crippen LogP contribution is 2.34. The molecule has 3 heterocycles. The summed E-state index contributed by atoms with van der Waals surface area (Å²) >= 11 is 1.61. The Kier molecular flexibility index (Phi) is 9.80. The second kappa shape index (κ2) is 13.7. The van der Waals surface area contributed by atoms with Crippen molar-refractivity contribution in [3.8, 4) is 10.6 Å². The minimum Gasteiger partial charge on any atom is -0.394 e. The average Bonchev–Trinajstić information content (AvgIpc) is 3.51. The van der Waals surface area contributed by atoms with E-state index in [0.29, 0.717) is 44.3 Å². The summed E-state index contributed by atoms with van der Waals surface area (Å²) in [4.78, 5) is 37.1. The summed E-state index contributed by atoms with van der Waals surface area (Å²) in [6.45, 7) is 5.34. The Morgan fingerprint density at radius 2 is 1.98 bits per heavy atom. The maximum Gasteiger partial charge on any atom is 0.252 e. The quantitative estimate of drug-likeness (QED) is 0.337. The van der Waals surface area contributed by atoms with Gasteiger partial charge in [0.2, 0.25) is 5.91 Å². The van der Waals surface area contributed by atoms with E-state index in [-0.39, 0.29) is 37.6 Å². The van der Waals surface area contributed by atoms with Crippen LogP contribution in [0.5, 0.6) is 0 Å². The minimum atomic E-state index is -0.0597. The number of para-hydroxylation sites is 1. The van der Waals surface area contributed by atoms with Crippen molar-refractivity contribution >= 4 is 34.1 Å². The number of amides is 2. The van der Waals surface area contributed by atoms with Crippen molar-refractivity contribution < 1.29 is 19.4 Å². The van der Waals surface area contributed by atoms with E-state index in [9.17, 15) is 9.59 Å². The van der Waals surface area contributed by atoms with E-state index < -0.39 is 0 Å². The molecule has 9 heteroatoms. The maximum absolute atomic E-state index is 14.1. The molecule has 2 aliphatic rings. The number of piperazine rings is 1. The van der Waals surface area contributed by atoms with Gasteiger partial charge in [-0.05, 0) is 43.2 Å². The Bertz CT molecular complexity index is 1290. The molecule has 40 heavy (non-hydrogen) atoms. The molecule has 2 fully saturated rings. The summed E-state index contributed by atoms with van der Waals surface area (Å²) in [7, 11) is 0. The number of nitrogens with one attached hydrogen (secondary N) is 1. The molecule has 1 aliphatic heterocycles. The molecule has 0 spiro atoms. The molecule has 0 bridgehead atoms. The van der Waals surface area contributed by atoms with Gasteiger partial charge in [-0.15, -0.1) is 11.3 Å². The Morgan fingerprint density at radius 3 is 2.73 bits per heavy atom. The predicted octanol–water partition coefficient (Wildman–Crippen LogP) is 4.32. The lowest BCUT2D eigenvalue weighted by Gasteiger charge is -2.35. The van der Waals surface area contributed by atoms with E-state index in [0.717, 1.165) is 39.9 Å². The Balaban J connectivity index is 1.45. The lowest BCUT2D eigenvalue weighted by Crippen LogP contribution is -2.51. The van der Waals surface area contributed by atoms with Crippen molar-refractivity contribution in [3.63, 3.8) is 0 Å². The molecule has 0 radical (unpaired) electrons. The molecule has 0 unspecified atom stereocenters. The molecule has 2 amide bonds. The van der Waals surface area contributed by atoms with Crippen molar-refractivity contribution in [2.45, 2.75) is 51.6 Å². The van der Waals surface area contributed by atoms with Gasteiger partial charge in [0.1, 0.15) is 0 Å². The molecule has 2 N–H and O–H groups in total. The van der Waals surface area contributed by atoms with E-state index in [2.05, 4.69) is 17.1 Å². The van der Waals surface area contributed by atoms with Crippen LogP contribution in [0.15, 0.2) is 41.8 Å². The van der Waals surface area contributed by atoms with Gasteiger partial charge in [-0.3, -0.25) is 14.5 Å². The number of rotatable bonds is 11. The molecule has 214 valence electrons. The second-order valence-electron chi connectivity index (χ2n) is 10.9. The highest BCUT2D eigenvalue weighted by atomic mass is 32.1. The van der Waals surface area contributed by atoms with Gasteiger partial charge in [0.25, 0.3) is 5.91 Å². The average molecular weight is 565 g/mol. The number of fused-ring (bicyclic) bond motifs is 1. The summed E-state index contributed by atoms with van der Waals surface area (Å²) in [5, 5.41) is 15.2. The molecule has 1 atom stereocenters. The molecule has 1 aliphatic carbocycles. The highest BCUT2D eigenvalue weighted by Gasteiger charge is 2.29. The van der Waals surface area contributed by atoms with Gasteiger partial charge in [-0.25, -0.2) is 4.98 Å². The molecule has 2 aromatic heterocycles. The van der Waals surface area contributed by atoms with Crippen LogP contribution in [-0.4, -0.2) is 83.7 Å². The van der Waals surface area contributed by atoms with E-state index >= 15 is 0 Å². The first-order valence-corrected chi connectivity index (χ1v) is 15.4. The monoisotopic (exact) mass is 564 g/mol. The minimum absolute atomic E-state index is 0.0244.